The number of allylic oxidation sites excluding steroid dienone is 7. The van der Waals surface area contributed by atoms with Crippen molar-refractivity contribution >= 4 is 60.6 Å². The minimum atomic E-state index is -0.123. The maximum Gasteiger partial charge on any atom is 0.0926 e. The van der Waals surface area contributed by atoms with E-state index in [2.05, 4.69) is 190 Å². The number of aromatic nitrogens is 2. The first kappa shape index (κ1) is 32.3. The fourth-order valence-corrected chi connectivity index (χ4v) is 8.73. The topological polar surface area (TPSA) is 47.9 Å². The van der Waals surface area contributed by atoms with E-state index < -0.39 is 0 Å². The van der Waals surface area contributed by atoms with Crippen molar-refractivity contribution in [2.24, 2.45) is 11.7 Å². The normalized spacial score (nSPS) is 16.3. The van der Waals surface area contributed by atoms with Gasteiger partial charge in [-0.05, 0) is 102 Å². The minimum Gasteiger partial charge on any atom is -0.367 e. The van der Waals surface area contributed by atoms with Crippen molar-refractivity contribution in [1.29, 1.82) is 0 Å². The van der Waals surface area contributed by atoms with Crippen molar-refractivity contribution in [2.75, 3.05) is 5.32 Å². The second kappa shape index (κ2) is 13.6. The zero-order valence-electron chi connectivity index (χ0n) is 30.2. The Morgan fingerprint density at radius 1 is 0.648 bits per heavy atom. The monoisotopic (exact) mass is 698 g/mol. The van der Waals surface area contributed by atoms with E-state index in [1.54, 1.807) is 0 Å². The van der Waals surface area contributed by atoms with Gasteiger partial charge in [0.15, 0.2) is 0 Å². The molecule has 2 atom stereocenters. The average molecular weight is 699 g/mol. The summed E-state index contributed by atoms with van der Waals surface area (Å²) in [4.78, 5) is 0. The third-order valence-corrected chi connectivity index (χ3v) is 11.5. The van der Waals surface area contributed by atoms with Crippen molar-refractivity contribution in [1.82, 2.24) is 9.13 Å². The van der Waals surface area contributed by atoms with E-state index in [0.717, 1.165) is 30.5 Å². The van der Waals surface area contributed by atoms with Gasteiger partial charge in [0.2, 0.25) is 0 Å². The van der Waals surface area contributed by atoms with Crippen LogP contribution in [0.3, 0.4) is 0 Å². The van der Waals surface area contributed by atoms with Gasteiger partial charge >= 0.3 is 0 Å². The van der Waals surface area contributed by atoms with Crippen molar-refractivity contribution in [3.8, 4) is 11.1 Å². The molecule has 0 radical (unpaired) electrons. The molecule has 4 heteroatoms. The Balaban J connectivity index is 0.965. The number of anilines is 1. The van der Waals surface area contributed by atoms with Crippen LogP contribution in [0.15, 0.2) is 176 Å². The predicted octanol–water partition coefficient (Wildman–Crippen LogP) is 12.5. The molecule has 6 aromatic carbocycles. The smallest absolute Gasteiger partial charge is 0.0926 e. The molecular weight excluding hydrogens is 657 g/mol. The molecular formula is C50H42N4. The Bertz CT molecular complexity index is 2830. The summed E-state index contributed by atoms with van der Waals surface area (Å²) >= 11 is 0. The molecule has 262 valence electrons. The molecule has 4 nitrogen and oxygen atoms in total. The molecule has 0 fully saturated rings. The quantitative estimate of drug-likeness (QED) is 0.166. The van der Waals surface area contributed by atoms with E-state index in [0.29, 0.717) is 6.67 Å². The molecule has 3 N–H and O–H groups in total. The van der Waals surface area contributed by atoms with Crippen LogP contribution in [0.4, 0.5) is 5.69 Å². The number of nitrogens with zero attached hydrogens (tertiary/aromatic N) is 2. The maximum atomic E-state index is 7.03. The van der Waals surface area contributed by atoms with Gasteiger partial charge in [-0.3, -0.25) is 0 Å². The number of benzene rings is 6. The van der Waals surface area contributed by atoms with Crippen LogP contribution in [0, 0.1) is 5.92 Å². The van der Waals surface area contributed by atoms with Crippen molar-refractivity contribution in [2.45, 2.75) is 32.0 Å². The first-order valence-corrected chi connectivity index (χ1v) is 19.1. The molecule has 2 heterocycles. The fraction of sp³-hybridized carbons (Fsp3) is 0.120. The first-order valence-electron chi connectivity index (χ1n) is 19.1. The molecule has 10 rings (SSSR count). The summed E-state index contributed by atoms with van der Waals surface area (Å²) in [5.74, 6) is 0.226. The van der Waals surface area contributed by atoms with Crippen LogP contribution in [0.5, 0.6) is 0 Å². The van der Waals surface area contributed by atoms with Crippen LogP contribution in [0.2, 0.25) is 0 Å². The van der Waals surface area contributed by atoms with Gasteiger partial charge in [-0.25, -0.2) is 0 Å². The summed E-state index contributed by atoms with van der Waals surface area (Å²) < 4.78 is 4.85. The van der Waals surface area contributed by atoms with Gasteiger partial charge in [-0.2, -0.15) is 0 Å². The number of hydrogen-bond donors (Lipinski definition) is 2. The van der Waals surface area contributed by atoms with Gasteiger partial charge in [0.05, 0.1) is 28.7 Å². The Hall–Kier alpha value is -6.36. The van der Waals surface area contributed by atoms with Gasteiger partial charge < -0.3 is 20.2 Å². The Morgan fingerprint density at radius 3 is 2.06 bits per heavy atom. The third-order valence-electron chi connectivity index (χ3n) is 11.5. The number of hydrogen-bond acceptors (Lipinski definition) is 2. The molecule has 2 aliphatic carbocycles. The van der Waals surface area contributed by atoms with Crippen molar-refractivity contribution < 1.29 is 0 Å². The minimum absolute atomic E-state index is 0.123. The number of fused-ring (bicyclic) bond motifs is 6. The van der Waals surface area contributed by atoms with Gasteiger partial charge in [0.25, 0.3) is 0 Å². The van der Waals surface area contributed by atoms with E-state index >= 15 is 0 Å². The zero-order chi connectivity index (χ0) is 36.0. The van der Waals surface area contributed by atoms with Gasteiger partial charge in [0, 0.05) is 39.0 Å². The van der Waals surface area contributed by atoms with Gasteiger partial charge in [-0.1, -0.05) is 127 Å². The molecule has 8 aromatic rings. The number of nitrogens with two attached hydrogens (primary N) is 1. The van der Waals surface area contributed by atoms with E-state index in [-0.39, 0.29) is 12.0 Å². The lowest BCUT2D eigenvalue weighted by Crippen LogP contribution is -2.22. The lowest BCUT2D eigenvalue weighted by molar-refractivity contribution is 0.525. The number of para-hydroxylation sites is 3. The molecule has 0 saturated heterocycles. The highest BCUT2D eigenvalue weighted by Gasteiger charge is 2.22. The van der Waals surface area contributed by atoms with Crippen molar-refractivity contribution in [3.63, 3.8) is 0 Å². The highest BCUT2D eigenvalue weighted by Crippen LogP contribution is 2.39. The van der Waals surface area contributed by atoms with E-state index in [9.17, 15) is 0 Å². The lowest BCUT2D eigenvalue weighted by Gasteiger charge is -2.26. The molecule has 0 spiro atoms. The fourth-order valence-electron chi connectivity index (χ4n) is 8.73. The molecule has 2 aliphatic rings. The second-order valence-corrected chi connectivity index (χ2v) is 14.6. The summed E-state index contributed by atoms with van der Waals surface area (Å²) in [5.41, 5.74) is 20.5. The summed E-state index contributed by atoms with van der Waals surface area (Å²) in [6, 6.07) is 50.5. The SMILES string of the molecule is NC(c1ccccc1NCn1c2ccccc2c2cc(-c3ccc4c(c3)c3ccccc3n4C3=CC=CCC3)ccc21)C1C=CC(c2ccccc2)=CC1. The molecule has 0 bridgehead atoms. The van der Waals surface area contributed by atoms with E-state index in [4.69, 9.17) is 5.73 Å². The Labute approximate surface area is 315 Å². The van der Waals surface area contributed by atoms with Crippen molar-refractivity contribution in [3.05, 3.63) is 187 Å². The van der Waals surface area contributed by atoms with E-state index in [1.165, 1.54) is 71.6 Å². The maximum absolute atomic E-state index is 7.03. The zero-order valence-corrected chi connectivity index (χ0v) is 30.2. The van der Waals surface area contributed by atoms with Gasteiger partial charge in [0.1, 0.15) is 0 Å². The van der Waals surface area contributed by atoms with Crippen LogP contribution in [0.1, 0.15) is 36.4 Å². The molecule has 2 aromatic heterocycles. The molecule has 2 unspecified atom stereocenters. The molecule has 0 saturated carbocycles. The largest absolute Gasteiger partial charge is 0.367 e. The summed E-state index contributed by atoms with van der Waals surface area (Å²) in [5, 5.41) is 8.89. The van der Waals surface area contributed by atoms with E-state index in [1.807, 2.05) is 0 Å². The van der Waals surface area contributed by atoms with Crippen LogP contribution < -0.4 is 11.1 Å². The lowest BCUT2D eigenvalue weighted by atomic mass is 9.85. The summed E-state index contributed by atoms with van der Waals surface area (Å²) in [6.45, 7) is 0.627. The molecule has 54 heavy (non-hydrogen) atoms. The predicted molar refractivity (Wildman–Crippen MR) is 229 cm³/mol. The molecule has 0 amide bonds. The Morgan fingerprint density at radius 2 is 1.30 bits per heavy atom. The second-order valence-electron chi connectivity index (χ2n) is 14.6. The number of rotatable bonds is 8. The summed E-state index contributed by atoms with van der Waals surface area (Å²) in [6.07, 6.45) is 16.6. The standard InChI is InChI=1S/C50H42N4/c51-50(36-25-23-35(24-26-36)34-13-3-1-4-14-34)42-19-7-10-20-45(42)52-33-53-46-21-11-8-17-40(46)43-31-37(27-29-47(43)53)38-28-30-49-44(32-38)41-18-9-12-22-48(41)54(49)39-15-5-2-6-16-39/h1-5,7-15,17-25,27-32,36,50,52H,6,16,26,33,51H2. The molecule has 0 aliphatic heterocycles. The van der Waals surface area contributed by atoms with Crippen LogP contribution in [-0.2, 0) is 6.67 Å². The van der Waals surface area contributed by atoms with Gasteiger partial charge in [-0.15, -0.1) is 0 Å². The van der Waals surface area contributed by atoms with Crippen LogP contribution >= 0.6 is 0 Å². The van der Waals surface area contributed by atoms with Crippen LogP contribution in [0.25, 0.3) is 66.0 Å². The first-order chi connectivity index (χ1) is 26.7. The van der Waals surface area contributed by atoms with Crippen LogP contribution in [-0.4, -0.2) is 9.13 Å². The number of nitrogens with one attached hydrogen (secondary N) is 1. The summed E-state index contributed by atoms with van der Waals surface area (Å²) in [7, 11) is 0. The average Bonchev–Trinajstić information content (AvgIpc) is 3.75. The highest BCUT2D eigenvalue weighted by molar-refractivity contribution is 6.12. The third kappa shape index (κ3) is 5.58. The highest BCUT2D eigenvalue weighted by atomic mass is 15.1. The Kier molecular flexibility index (Phi) is 8.11.